The largest absolute Gasteiger partial charge is 0.446 e. The molecule has 3 atom stereocenters. The second-order valence-corrected chi connectivity index (χ2v) is 4.94. The number of rotatable bonds is 5. The van der Waals surface area contributed by atoms with Crippen molar-refractivity contribution in [1.29, 1.82) is 0 Å². The predicted molar refractivity (Wildman–Crippen MR) is 77.4 cm³/mol. The predicted octanol–water partition coefficient (Wildman–Crippen LogP) is 1.55. The van der Waals surface area contributed by atoms with Crippen molar-refractivity contribution in [2.45, 2.75) is 32.0 Å². The number of hydrogen-bond donors (Lipinski definition) is 3. The van der Waals surface area contributed by atoms with Gasteiger partial charge in [-0.1, -0.05) is 30.3 Å². The number of nitrogens with zero attached hydrogens (tertiary/aromatic N) is 1. The summed E-state index contributed by atoms with van der Waals surface area (Å²) >= 11 is 0. The van der Waals surface area contributed by atoms with Crippen molar-refractivity contribution in [3.05, 3.63) is 53.7 Å². The summed E-state index contributed by atoms with van der Waals surface area (Å²) in [7, 11) is 0. The zero-order valence-corrected chi connectivity index (χ0v) is 12.0. The number of amides is 1. The van der Waals surface area contributed by atoms with Gasteiger partial charge in [-0.05, 0) is 19.4 Å². The number of hydrogen-bond acceptors (Lipinski definition) is 5. The van der Waals surface area contributed by atoms with Crippen LogP contribution in [-0.4, -0.2) is 22.1 Å². The highest BCUT2D eigenvalue weighted by Gasteiger charge is 2.21. The molecule has 2 aromatic rings. The fraction of sp³-hybridized carbons (Fsp3) is 0.333. The van der Waals surface area contributed by atoms with Crippen LogP contribution in [0.15, 0.2) is 41.0 Å². The number of nitrogens with two attached hydrogens (primary N) is 1. The molecule has 3 unspecified atom stereocenters. The van der Waals surface area contributed by atoms with Crippen molar-refractivity contribution in [2.75, 3.05) is 0 Å². The first kappa shape index (κ1) is 15.2. The van der Waals surface area contributed by atoms with E-state index in [1.807, 2.05) is 37.3 Å². The molecular formula is C15H19N3O3. The van der Waals surface area contributed by atoms with Crippen LogP contribution in [0.4, 0.5) is 0 Å². The lowest BCUT2D eigenvalue weighted by atomic mass is 10.1. The number of aromatic nitrogens is 1. The average Bonchev–Trinajstić information content (AvgIpc) is 2.97. The molecule has 1 aromatic carbocycles. The molecule has 2 rings (SSSR count). The van der Waals surface area contributed by atoms with E-state index in [9.17, 15) is 9.90 Å². The van der Waals surface area contributed by atoms with E-state index in [0.29, 0.717) is 0 Å². The highest BCUT2D eigenvalue weighted by Crippen LogP contribution is 2.15. The Balaban J connectivity index is 2.04. The molecule has 1 heterocycles. The van der Waals surface area contributed by atoms with Gasteiger partial charge in [0.15, 0.2) is 5.69 Å². The fourth-order valence-corrected chi connectivity index (χ4v) is 1.85. The Morgan fingerprint density at radius 2 is 2.00 bits per heavy atom. The number of aliphatic hydroxyl groups is 1. The molecule has 1 amide bonds. The van der Waals surface area contributed by atoms with Gasteiger partial charge in [0, 0.05) is 0 Å². The Kier molecular flexibility index (Phi) is 4.72. The van der Waals surface area contributed by atoms with Crippen molar-refractivity contribution < 1.29 is 14.3 Å². The van der Waals surface area contributed by atoms with Crippen molar-refractivity contribution >= 4 is 5.91 Å². The van der Waals surface area contributed by atoms with Gasteiger partial charge in [-0.15, -0.1) is 0 Å². The van der Waals surface area contributed by atoms with Crippen molar-refractivity contribution in [2.24, 2.45) is 5.73 Å². The first-order valence-corrected chi connectivity index (χ1v) is 6.74. The maximum absolute atomic E-state index is 12.1. The molecule has 6 nitrogen and oxygen atoms in total. The number of benzene rings is 1. The van der Waals surface area contributed by atoms with Gasteiger partial charge in [-0.2, -0.15) is 0 Å². The topological polar surface area (TPSA) is 101 Å². The van der Waals surface area contributed by atoms with Crippen LogP contribution >= 0.6 is 0 Å². The number of nitrogens with one attached hydrogen (secondary N) is 1. The molecule has 0 aliphatic heterocycles. The molecule has 4 N–H and O–H groups in total. The van der Waals surface area contributed by atoms with E-state index >= 15 is 0 Å². The molecule has 0 saturated carbocycles. The van der Waals surface area contributed by atoms with E-state index in [-0.39, 0.29) is 23.5 Å². The van der Waals surface area contributed by atoms with Crippen LogP contribution in [0.25, 0.3) is 0 Å². The zero-order valence-electron chi connectivity index (χ0n) is 12.0. The Bertz CT molecular complexity index is 595. The van der Waals surface area contributed by atoms with Gasteiger partial charge < -0.3 is 20.6 Å². The standard InChI is InChI=1S/C15H19N3O3/c1-9(11-6-4-3-5-7-11)17-14(20)12-8-21-15(18-12)13(16)10(2)19/h3-10,13,19H,16H2,1-2H3,(H,17,20). The van der Waals surface area contributed by atoms with Crippen molar-refractivity contribution in [3.8, 4) is 0 Å². The summed E-state index contributed by atoms with van der Waals surface area (Å²) in [6.45, 7) is 3.42. The quantitative estimate of drug-likeness (QED) is 0.775. The van der Waals surface area contributed by atoms with E-state index < -0.39 is 12.1 Å². The van der Waals surface area contributed by atoms with E-state index in [2.05, 4.69) is 10.3 Å². The highest BCUT2D eigenvalue weighted by molar-refractivity contribution is 5.92. The molecule has 0 aliphatic rings. The number of aliphatic hydroxyl groups excluding tert-OH is 1. The molecular weight excluding hydrogens is 270 g/mol. The smallest absolute Gasteiger partial charge is 0.273 e. The van der Waals surface area contributed by atoms with Crippen LogP contribution in [0.5, 0.6) is 0 Å². The normalized spacial score (nSPS) is 15.2. The molecule has 0 fully saturated rings. The van der Waals surface area contributed by atoms with E-state index in [1.165, 1.54) is 13.2 Å². The van der Waals surface area contributed by atoms with Gasteiger partial charge in [0.1, 0.15) is 12.3 Å². The van der Waals surface area contributed by atoms with E-state index in [1.54, 1.807) is 0 Å². The summed E-state index contributed by atoms with van der Waals surface area (Å²) in [6.07, 6.45) is 0.438. The van der Waals surface area contributed by atoms with Gasteiger partial charge in [-0.3, -0.25) is 4.79 Å². The molecule has 0 saturated heterocycles. The monoisotopic (exact) mass is 289 g/mol. The minimum Gasteiger partial charge on any atom is -0.446 e. The minimum atomic E-state index is -0.803. The van der Waals surface area contributed by atoms with Crippen LogP contribution in [0.3, 0.4) is 0 Å². The third-order valence-electron chi connectivity index (χ3n) is 3.21. The van der Waals surface area contributed by atoms with Gasteiger partial charge in [0.25, 0.3) is 5.91 Å². The second-order valence-electron chi connectivity index (χ2n) is 4.94. The first-order valence-electron chi connectivity index (χ1n) is 6.74. The summed E-state index contributed by atoms with van der Waals surface area (Å²) in [5.74, 6) is -0.207. The van der Waals surface area contributed by atoms with Crippen LogP contribution in [0.2, 0.25) is 0 Å². The summed E-state index contributed by atoms with van der Waals surface area (Å²) in [4.78, 5) is 16.1. The maximum atomic E-state index is 12.1. The second kappa shape index (κ2) is 6.51. The lowest BCUT2D eigenvalue weighted by molar-refractivity contribution is 0.0934. The molecule has 0 spiro atoms. The lowest BCUT2D eigenvalue weighted by Gasteiger charge is -2.13. The van der Waals surface area contributed by atoms with Crippen LogP contribution in [0, 0.1) is 0 Å². The molecule has 1 aromatic heterocycles. The van der Waals surface area contributed by atoms with Gasteiger partial charge in [0.2, 0.25) is 5.89 Å². The molecule has 0 radical (unpaired) electrons. The minimum absolute atomic E-state index is 0.141. The van der Waals surface area contributed by atoms with Crippen LogP contribution in [0.1, 0.15) is 47.9 Å². The summed E-state index contributed by atoms with van der Waals surface area (Å²) < 4.78 is 5.14. The number of carbonyl (C=O) groups is 1. The van der Waals surface area contributed by atoms with Gasteiger partial charge in [0.05, 0.1) is 12.1 Å². The van der Waals surface area contributed by atoms with E-state index in [4.69, 9.17) is 10.2 Å². The van der Waals surface area contributed by atoms with Gasteiger partial charge >= 0.3 is 0 Å². The maximum Gasteiger partial charge on any atom is 0.273 e. The van der Waals surface area contributed by atoms with Gasteiger partial charge in [-0.25, -0.2) is 4.98 Å². The summed E-state index contributed by atoms with van der Waals surface area (Å²) in [5, 5.41) is 12.2. The Morgan fingerprint density at radius 1 is 1.33 bits per heavy atom. The molecule has 0 bridgehead atoms. The average molecular weight is 289 g/mol. The van der Waals surface area contributed by atoms with Crippen LogP contribution < -0.4 is 11.1 Å². The lowest BCUT2D eigenvalue weighted by Crippen LogP contribution is -2.27. The highest BCUT2D eigenvalue weighted by atomic mass is 16.3. The zero-order chi connectivity index (χ0) is 15.4. The molecule has 112 valence electrons. The number of oxazole rings is 1. The Morgan fingerprint density at radius 3 is 2.62 bits per heavy atom. The summed E-state index contributed by atoms with van der Waals surface area (Å²) in [6, 6.07) is 8.70. The van der Waals surface area contributed by atoms with Crippen LogP contribution in [-0.2, 0) is 0 Å². The number of carbonyl (C=O) groups excluding carboxylic acids is 1. The molecule has 21 heavy (non-hydrogen) atoms. The Hall–Kier alpha value is -2.18. The van der Waals surface area contributed by atoms with E-state index in [0.717, 1.165) is 5.56 Å². The first-order chi connectivity index (χ1) is 9.99. The SMILES string of the molecule is CC(NC(=O)c1coc(C(N)C(C)O)n1)c1ccccc1. The van der Waals surface area contributed by atoms with Crippen molar-refractivity contribution in [3.63, 3.8) is 0 Å². The molecule has 0 aliphatic carbocycles. The Labute approximate surface area is 123 Å². The third kappa shape index (κ3) is 3.68. The van der Waals surface area contributed by atoms with Crippen molar-refractivity contribution in [1.82, 2.24) is 10.3 Å². The fourth-order valence-electron chi connectivity index (χ4n) is 1.85. The molecule has 6 heteroatoms. The third-order valence-corrected chi connectivity index (χ3v) is 3.21. The summed E-state index contributed by atoms with van der Waals surface area (Å²) in [5.41, 5.74) is 6.84.